The van der Waals surface area contributed by atoms with Crippen molar-refractivity contribution in [2.75, 3.05) is 11.3 Å². The van der Waals surface area contributed by atoms with Crippen molar-refractivity contribution < 1.29 is 8.42 Å². The fourth-order valence-electron chi connectivity index (χ4n) is 1.40. The first-order valence-electron chi connectivity index (χ1n) is 6.04. The molecule has 0 aromatic carbocycles. The summed E-state index contributed by atoms with van der Waals surface area (Å²) in [5.41, 5.74) is 5.76. The Bertz CT molecular complexity index is 789. The number of nitrogens with one attached hydrogen (secondary N) is 1. The molecule has 0 spiro atoms. The number of nitrogens with two attached hydrogens (primary N) is 1. The van der Waals surface area contributed by atoms with Gasteiger partial charge in [0.2, 0.25) is 5.13 Å². The zero-order chi connectivity index (χ0) is 15.3. The van der Waals surface area contributed by atoms with Crippen LogP contribution in [0.1, 0.15) is 17.5 Å². The molecule has 2 rings (SSSR count). The molecule has 0 aliphatic carbocycles. The Morgan fingerprint density at radius 2 is 2.19 bits per heavy atom. The maximum Gasteiger partial charge on any atom is 0.265 e. The monoisotopic (exact) mass is 323 g/mol. The summed E-state index contributed by atoms with van der Waals surface area (Å²) in [6.07, 6.45) is 3.42. The summed E-state index contributed by atoms with van der Waals surface area (Å²) < 4.78 is 26.9. The molecule has 110 valence electrons. The molecule has 0 saturated heterocycles. The van der Waals surface area contributed by atoms with Crippen LogP contribution in [0.25, 0.3) is 0 Å². The average molecular weight is 323 g/mol. The summed E-state index contributed by atoms with van der Waals surface area (Å²) in [7, 11) is -3.76. The number of anilines is 1. The number of nitrogens with zero attached hydrogens (tertiary/aromatic N) is 3. The first-order valence-corrected chi connectivity index (χ1v) is 8.34. The Kier molecular flexibility index (Phi) is 4.85. The normalized spacial score (nSPS) is 10.8. The van der Waals surface area contributed by atoms with Gasteiger partial charge in [0.05, 0.1) is 6.54 Å². The Morgan fingerprint density at radius 1 is 1.38 bits per heavy atom. The van der Waals surface area contributed by atoms with E-state index >= 15 is 0 Å². The van der Waals surface area contributed by atoms with Gasteiger partial charge in [-0.1, -0.05) is 30.1 Å². The molecule has 9 heteroatoms. The topological polar surface area (TPSA) is 111 Å². The highest BCUT2D eigenvalue weighted by atomic mass is 32.2. The van der Waals surface area contributed by atoms with Gasteiger partial charge in [-0.15, -0.1) is 10.2 Å². The third-order valence-corrected chi connectivity index (χ3v) is 4.77. The maximum absolute atomic E-state index is 12.2. The predicted molar refractivity (Wildman–Crippen MR) is 80.3 cm³/mol. The highest BCUT2D eigenvalue weighted by Crippen LogP contribution is 2.20. The molecule has 0 unspecified atom stereocenters. The lowest BCUT2D eigenvalue weighted by atomic mass is 10.3. The van der Waals surface area contributed by atoms with Gasteiger partial charge in [0.25, 0.3) is 10.0 Å². The summed E-state index contributed by atoms with van der Waals surface area (Å²) in [5.74, 6) is 5.38. The standard InChI is InChI=1S/C12H13N5O2S2/c1-2-11-15-16-12(20-11)17-21(18,19)10-6-9(4-3-5-13)7-14-8-10/h6-8H,2,5,13H2,1H3,(H,16,17). The fraction of sp³-hybridized carbons (Fsp3) is 0.250. The lowest BCUT2D eigenvalue weighted by molar-refractivity contribution is 0.600. The van der Waals surface area contributed by atoms with Crippen molar-refractivity contribution in [2.45, 2.75) is 18.2 Å². The first-order chi connectivity index (χ1) is 10.0. The van der Waals surface area contributed by atoms with Gasteiger partial charge in [-0.3, -0.25) is 9.71 Å². The highest BCUT2D eigenvalue weighted by Gasteiger charge is 2.17. The van der Waals surface area contributed by atoms with E-state index in [2.05, 4.69) is 31.7 Å². The van der Waals surface area contributed by atoms with Crippen molar-refractivity contribution in [1.29, 1.82) is 0 Å². The molecule has 21 heavy (non-hydrogen) atoms. The molecule has 7 nitrogen and oxygen atoms in total. The third kappa shape index (κ3) is 3.98. The van der Waals surface area contributed by atoms with E-state index < -0.39 is 10.0 Å². The molecule has 0 fully saturated rings. The van der Waals surface area contributed by atoms with Crippen LogP contribution < -0.4 is 10.5 Å². The van der Waals surface area contributed by atoms with Crippen molar-refractivity contribution in [3.8, 4) is 11.8 Å². The van der Waals surface area contributed by atoms with E-state index in [0.29, 0.717) is 12.0 Å². The molecule has 3 N–H and O–H groups in total. The van der Waals surface area contributed by atoms with Crippen LogP contribution in [0.2, 0.25) is 0 Å². The lowest BCUT2D eigenvalue weighted by Crippen LogP contribution is -2.13. The number of aryl methyl sites for hydroxylation is 1. The number of sulfonamides is 1. The maximum atomic E-state index is 12.2. The molecule has 0 aliphatic heterocycles. The van der Waals surface area contributed by atoms with Crippen LogP contribution in [0.15, 0.2) is 23.4 Å². The zero-order valence-electron chi connectivity index (χ0n) is 11.2. The van der Waals surface area contributed by atoms with Gasteiger partial charge in [-0.05, 0) is 12.5 Å². The molecule has 0 amide bonds. The smallest absolute Gasteiger partial charge is 0.265 e. The van der Waals surface area contributed by atoms with Crippen LogP contribution >= 0.6 is 11.3 Å². The second kappa shape index (κ2) is 6.62. The second-order valence-electron chi connectivity index (χ2n) is 3.88. The van der Waals surface area contributed by atoms with Crippen molar-refractivity contribution in [1.82, 2.24) is 15.2 Å². The molecular formula is C12H13N5O2S2. The minimum absolute atomic E-state index is 0.0135. The van der Waals surface area contributed by atoms with Gasteiger partial charge < -0.3 is 5.73 Å². The number of rotatable bonds is 4. The summed E-state index contributed by atoms with van der Waals surface area (Å²) in [6.45, 7) is 2.11. The fourth-order valence-corrected chi connectivity index (χ4v) is 3.30. The van der Waals surface area contributed by atoms with E-state index in [4.69, 9.17) is 5.73 Å². The Hall–Kier alpha value is -2.02. The number of aromatic nitrogens is 3. The largest absolute Gasteiger partial charge is 0.320 e. The average Bonchev–Trinajstić information content (AvgIpc) is 2.92. The second-order valence-corrected chi connectivity index (χ2v) is 6.62. The molecule has 2 aromatic heterocycles. The van der Waals surface area contributed by atoms with Crippen LogP contribution in [-0.2, 0) is 16.4 Å². The van der Waals surface area contributed by atoms with Gasteiger partial charge in [0.15, 0.2) is 0 Å². The summed E-state index contributed by atoms with van der Waals surface area (Å²) >= 11 is 1.20. The third-order valence-electron chi connectivity index (χ3n) is 2.35. The molecule has 0 atom stereocenters. The molecule has 2 aromatic rings. The van der Waals surface area contributed by atoms with Crippen LogP contribution in [0.3, 0.4) is 0 Å². The van der Waals surface area contributed by atoms with Crippen LogP contribution in [-0.4, -0.2) is 30.1 Å². The Labute approximate surface area is 126 Å². The van der Waals surface area contributed by atoms with E-state index in [1.165, 1.54) is 29.8 Å². The number of pyridine rings is 1. The Balaban J connectivity index is 2.26. The van der Waals surface area contributed by atoms with Crippen LogP contribution in [0.5, 0.6) is 0 Å². The molecule has 0 radical (unpaired) electrons. The van der Waals surface area contributed by atoms with E-state index in [1.807, 2.05) is 6.92 Å². The minimum atomic E-state index is -3.76. The molecule has 0 bridgehead atoms. The SMILES string of the molecule is CCc1nnc(NS(=O)(=O)c2cncc(C#CCN)c2)s1. The summed E-state index contributed by atoms with van der Waals surface area (Å²) in [4.78, 5) is 3.89. The van der Waals surface area contributed by atoms with Gasteiger partial charge in [-0.2, -0.15) is 0 Å². The van der Waals surface area contributed by atoms with Crippen LogP contribution in [0.4, 0.5) is 5.13 Å². The summed E-state index contributed by atoms with van der Waals surface area (Å²) in [6, 6.07) is 1.43. The van der Waals surface area contributed by atoms with Crippen LogP contribution in [0, 0.1) is 11.8 Å². The number of hydrogen-bond donors (Lipinski definition) is 2. The minimum Gasteiger partial charge on any atom is -0.320 e. The quantitative estimate of drug-likeness (QED) is 0.797. The molecule has 0 aliphatic rings. The summed E-state index contributed by atoms with van der Waals surface area (Å²) in [5, 5.41) is 8.63. The van der Waals surface area contributed by atoms with E-state index in [-0.39, 0.29) is 16.6 Å². The zero-order valence-corrected chi connectivity index (χ0v) is 12.8. The number of hydrogen-bond acceptors (Lipinski definition) is 7. The van der Waals surface area contributed by atoms with Crippen molar-refractivity contribution in [2.24, 2.45) is 5.73 Å². The highest BCUT2D eigenvalue weighted by molar-refractivity contribution is 7.93. The first kappa shape index (κ1) is 15.4. The van der Waals surface area contributed by atoms with Crippen molar-refractivity contribution >= 4 is 26.5 Å². The van der Waals surface area contributed by atoms with Gasteiger partial charge in [-0.25, -0.2) is 8.42 Å². The molecular weight excluding hydrogens is 310 g/mol. The Morgan fingerprint density at radius 3 is 2.86 bits per heavy atom. The molecule has 0 saturated carbocycles. The lowest BCUT2D eigenvalue weighted by Gasteiger charge is -2.04. The van der Waals surface area contributed by atoms with Gasteiger partial charge in [0.1, 0.15) is 9.90 Å². The van der Waals surface area contributed by atoms with Crippen molar-refractivity contribution in [3.05, 3.63) is 29.0 Å². The predicted octanol–water partition coefficient (Wildman–Crippen LogP) is 0.607. The molecule has 2 heterocycles. The van der Waals surface area contributed by atoms with E-state index in [1.54, 1.807) is 0 Å². The van der Waals surface area contributed by atoms with E-state index in [9.17, 15) is 8.42 Å². The van der Waals surface area contributed by atoms with Crippen molar-refractivity contribution in [3.63, 3.8) is 0 Å². The van der Waals surface area contributed by atoms with E-state index in [0.717, 1.165) is 5.01 Å². The van der Waals surface area contributed by atoms with Gasteiger partial charge >= 0.3 is 0 Å². The van der Waals surface area contributed by atoms with Gasteiger partial charge in [0, 0.05) is 18.0 Å².